The number of rotatable bonds is 5. The van der Waals surface area contributed by atoms with Crippen LogP contribution < -0.4 is 4.90 Å². The van der Waals surface area contributed by atoms with Gasteiger partial charge in [-0.2, -0.15) is 0 Å². The third-order valence-electron chi connectivity index (χ3n) is 9.39. The van der Waals surface area contributed by atoms with E-state index in [0.717, 1.165) is 96.7 Å². The van der Waals surface area contributed by atoms with Crippen LogP contribution in [0.25, 0.3) is 78.1 Å². The average molecular weight is 609 g/mol. The van der Waals surface area contributed by atoms with Crippen molar-refractivity contribution in [3.05, 3.63) is 133 Å². The molecule has 47 heavy (non-hydrogen) atoms. The summed E-state index contributed by atoms with van der Waals surface area (Å²) >= 11 is 0. The van der Waals surface area contributed by atoms with Crippen LogP contribution in [-0.4, -0.2) is 31.5 Å². The number of nitrogens with one attached hydrogen (secondary N) is 3. The molecule has 0 unspecified atom stereocenters. The lowest BCUT2D eigenvalue weighted by Crippen LogP contribution is -2.14. The van der Waals surface area contributed by atoms with Crippen molar-refractivity contribution in [3.8, 4) is 45.4 Å². The number of pyridine rings is 1. The maximum atomic E-state index is 6.21. The third kappa shape index (κ3) is 3.99. The smallest absolute Gasteiger partial charge is 0.138 e. The van der Waals surface area contributed by atoms with Crippen molar-refractivity contribution in [2.24, 2.45) is 0 Å². The first-order valence-corrected chi connectivity index (χ1v) is 15.9. The lowest BCUT2D eigenvalue weighted by molar-refractivity contribution is 0.583. The van der Waals surface area contributed by atoms with E-state index in [1.165, 1.54) is 11.3 Å². The molecule has 0 saturated heterocycles. The van der Waals surface area contributed by atoms with Gasteiger partial charge in [0.25, 0.3) is 0 Å². The Morgan fingerprint density at radius 3 is 2.49 bits per heavy atom. The van der Waals surface area contributed by atoms with Crippen molar-refractivity contribution in [1.82, 2.24) is 24.9 Å². The van der Waals surface area contributed by atoms with Gasteiger partial charge >= 0.3 is 0 Å². The Hall–Kier alpha value is -6.34. The highest BCUT2D eigenvalue weighted by molar-refractivity contribution is 6.17. The summed E-state index contributed by atoms with van der Waals surface area (Å²) in [7, 11) is 0. The quantitative estimate of drug-likeness (QED) is 0.181. The molecule has 3 N–H and O–H groups in total. The summed E-state index contributed by atoms with van der Waals surface area (Å²) in [6.07, 6.45) is 6.39. The molecule has 6 heterocycles. The highest BCUT2D eigenvalue weighted by atomic mass is 16.3. The topological polar surface area (TPSA) is 89.5 Å². The Bertz CT molecular complexity index is 2560. The fourth-order valence-electron chi connectivity index (χ4n) is 7.32. The van der Waals surface area contributed by atoms with E-state index in [4.69, 9.17) is 14.4 Å². The van der Waals surface area contributed by atoms with Gasteiger partial charge in [-0.1, -0.05) is 60.7 Å². The standard InChI is InChI=1S/C40H28N6O/c1-4-11-28-24(8-1)15-16-30(43-28)27-23-31-36(37(40-41-18-19-42-40)35(27)34-14-7-21-47-34)39(46-20-17-25-9-3-6-13-33(25)46)38(45-31)32-22-26-10-2-5-12-29(26)44-32/h1-16,18-19,21-23,44-45H,17,20H2,(H,41,42). The van der Waals surface area contributed by atoms with Crippen LogP contribution in [0.15, 0.2) is 132 Å². The van der Waals surface area contributed by atoms with Crippen LogP contribution in [0, 0.1) is 0 Å². The van der Waals surface area contributed by atoms with Gasteiger partial charge in [-0.25, -0.2) is 9.97 Å². The summed E-state index contributed by atoms with van der Waals surface area (Å²) in [5.74, 6) is 1.52. The number of fused-ring (bicyclic) bond motifs is 4. The second kappa shape index (κ2) is 10.1. The van der Waals surface area contributed by atoms with Gasteiger partial charge in [0.15, 0.2) is 0 Å². The van der Waals surface area contributed by atoms with Gasteiger partial charge in [0.1, 0.15) is 11.6 Å². The number of furan rings is 1. The number of H-pyrrole nitrogens is 3. The summed E-state index contributed by atoms with van der Waals surface area (Å²) in [4.78, 5) is 23.5. The van der Waals surface area contributed by atoms with Crippen molar-refractivity contribution in [2.75, 3.05) is 11.4 Å². The molecule has 0 bridgehead atoms. The van der Waals surface area contributed by atoms with Crippen molar-refractivity contribution < 1.29 is 4.42 Å². The maximum Gasteiger partial charge on any atom is 0.138 e. The molecule has 0 aliphatic carbocycles. The van der Waals surface area contributed by atoms with Crippen molar-refractivity contribution >= 4 is 44.1 Å². The van der Waals surface area contributed by atoms with Crippen LogP contribution in [0.3, 0.4) is 0 Å². The van der Waals surface area contributed by atoms with Crippen LogP contribution in [0.1, 0.15) is 5.56 Å². The molecule has 0 amide bonds. The second-order valence-corrected chi connectivity index (χ2v) is 12.1. The zero-order chi connectivity index (χ0) is 30.9. The van der Waals surface area contributed by atoms with Crippen LogP contribution >= 0.6 is 0 Å². The molecule has 0 atom stereocenters. The minimum absolute atomic E-state index is 0.754. The van der Waals surface area contributed by atoms with E-state index in [1.807, 2.05) is 36.7 Å². The van der Waals surface area contributed by atoms with Gasteiger partial charge < -0.3 is 24.3 Å². The van der Waals surface area contributed by atoms with Gasteiger partial charge in [-0.3, -0.25) is 0 Å². The normalized spacial score (nSPS) is 12.9. The number of nitrogens with zero attached hydrogens (tertiary/aromatic N) is 3. The lowest BCUT2D eigenvalue weighted by Gasteiger charge is -2.22. The SMILES string of the molecule is c1coc(-c2c(-c3ccc4ccccc4n3)cc3[nH]c(-c4cc5ccccc5[nH]4)c(N4CCc5ccccc54)c3c2-c2ncc[nH]2)c1. The molecule has 0 spiro atoms. The van der Waals surface area contributed by atoms with E-state index >= 15 is 0 Å². The molecule has 5 aromatic heterocycles. The van der Waals surface area contributed by atoms with Gasteiger partial charge in [-0.05, 0) is 60.5 Å². The molecule has 7 heteroatoms. The predicted molar refractivity (Wildman–Crippen MR) is 189 cm³/mol. The monoisotopic (exact) mass is 608 g/mol. The van der Waals surface area contributed by atoms with Crippen molar-refractivity contribution in [3.63, 3.8) is 0 Å². The van der Waals surface area contributed by atoms with Crippen LogP contribution in [0.4, 0.5) is 11.4 Å². The molecule has 10 rings (SSSR count). The van der Waals surface area contributed by atoms with Crippen LogP contribution in [-0.2, 0) is 6.42 Å². The Labute approximate surface area is 269 Å². The van der Waals surface area contributed by atoms with Gasteiger partial charge in [0.2, 0.25) is 0 Å². The lowest BCUT2D eigenvalue weighted by atomic mass is 9.91. The zero-order valence-corrected chi connectivity index (χ0v) is 25.3. The first-order valence-electron chi connectivity index (χ1n) is 15.9. The van der Waals surface area contributed by atoms with Crippen molar-refractivity contribution in [1.29, 1.82) is 0 Å². The molecule has 0 radical (unpaired) electrons. The summed E-state index contributed by atoms with van der Waals surface area (Å²) < 4.78 is 6.21. The Kier molecular flexibility index (Phi) is 5.57. The highest BCUT2D eigenvalue weighted by Gasteiger charge is 2.32. The zero-order valence-electron chi connectivity index (χ0n) is 25.3. The number of hydrogen-bond donors (Lipinski definition) is 3. The molecule has 224 valence electrons. The Balaban J connectivity index is 1.36. The van der Waals surface area contributed by atoms with Gasteiger partial charge in [0.05, 0.1) is 34.5 Å². The number of aromatic nitrogens is 5. The molecule has 9 aromatic rings. The first-order chi connectivity index (χ1) is 23.3. The number of benzene rings is 4. The molecule has 0 fully saturated rings. The minimum atomic E-state index is 0.754. The molecule has 0 saturated carbocycles. The second-order valence-electron chi connectivity index (χ2n) is 12.1. The maximum absolute atomic E-state index is 6.21. The number of aromatic amines is 3. The molecule has 7 nitrogen and oxygen atoms in total. The van der Waals surface area contributed by atoms with Crippen LogP contribution in [0.2, 0.25) is 0 Å². The van der Waals surface area contributed by atoms with Gasteiger partial charge in [-0.15, -0.1) is 0 Å². The average Bonchev–Trinajstić information content (AvgIpc) is 3.96. The molecule has 1 aliphatic heterocycles. The summed E-state index contributed by atoms with van der Waals surface area (Å²) in [5, 5.41) is 3.33. The van der Waals surface area contributed by atoms with Crippen LogP contribution in [0.5, 0.6) is 0 Å². The van der Waals surface area contributed by atoms with E-state index in [9.17, 15) is 0 Å². The largest absolute Gasteiger partial charge is 0.464 e. The van der Waals surface area contributed by atoms with E-state index in [1.54, 1.807) is 6.26 Å². The third-order valence-corrected chi connectivity index (χ3v) is 9.39. The Morgan fingerprint density at radius 1 is 0.745 bits per heavy atom. The fourth-order valence-corrected chi connectivity index (χ4v) is 7.32. The highest BCUT2D eigenvalue weighted by Crippen LogP contribution is 2.52. The predicted octanol–water partition coefficient (Wildman–Crippen LogP) is 9.88. The molecular weight excluding hydrogens is 580 g/mol. The summed E-state index contributed by atoms with van der Waals surface area (Å²) in [6.45, 7) is 0.862. The summed E-state index contributed by atoms with van der Waals surface area (Å²) in [5.41, 5.74) is 12.5. The Morgan fingerprint density at radius 2 is 1.62 bits per heavy atom. The fraction of sp³-hybridized carbons (Fsp3) is 0.0500. The first kappa shape index (κ1) is 25.9. The van der Waals surface area contributed by atoms with E-state index < -0.39 is 0 Å². The number of imidazole rings is 1. The number of anilines is 2. The van der Waals surface area contributed by atoms with Crippen molar-refractivity contribution in [2.45, 2.75) is 6.42 Å². The summed E-state index contributed by atoms with van der Waals surface area (Å²) in [6, 6.07) is 38.0. The molecule has 4 aromatic carbocycles. The minimum Gasteiger partial charge on any atom is -0.464 e. The van der Waals surface area contributed by atoms with Gasteiger partial charge in [0, 0.05) is 68.5 Å². The van der Waals surface area contributed by atoms with E-state index in [0.29, 0.717) is 0 Å². The molecule has 1 aliphatic rings. The number of hydrogen-bond acceptors (Lipinski definition) is 4. The number of para-hydroxylation sites is 3. The van der Waals surface area contributed by atoms with E-state index in [2.05, 4.69) is 105 Å². The molecular formula is C40H28N6O. The van der Waals surface area contributed by atoms with E-state index in [-0.39, 0.29) is 0 Å².